The molecule has 0 heterocycles. The predicted octanol–water partition coefficient (Wildman–Crippen LogP) is 7.02. The van der Waals surface area contributed by atoms with Crippen molar-refractivity contribution in [3.8, 4) is 46.1 Å². The van der Waals surface area contributed by atoms with Crippen molar-refractivity contribution in [2.45, 2.75) is 33.1 Å². The van der Waals surface area contributed by atoms with Gasteiger partial charge < -0.3 is 14.2 Å². The normalized spacial score (nSPS) is 11.4. The maximum atomic E-state index is 13.0. The van der Waals surface area contributed by atoms with Gasteiger partial charge in [0.1, 0.15) is 11.5 Å². The Labute approximate surface area is 202 Å². The zero-order valence-corrected chi connectivity index (χ0v) is 20.2. The quantitative estimate of drug-likeness (QED) is 0.177. The number of carbonyl (C=O) groups is 1. The molecule has 3 aromatic rings. The first-order valence-electron chi connectivity index (χ1n) is 11.7. The Hall–Kier alpha value is -3.71. The molecule has 3 aromatic carbocycles. The van der Waals surface area contributed by atoms with Crippen molar-refractivity contribution in [1.82, 2.24) is 0 Å². The lowest BCUT2D eigenvalue weighted by atomic mass is 9.95. The van der Waals surface area contributed by atoms with Crippen LogP contribution in [0.3, 0.4) is 0 Å². The zero-order valence-electron chi connectivity index (χ0n) is 20.2. The number of carbonyl (C=O) groups excluding carboxylic acids is 1. The molecule has 3 rings (SSSR count). The Morgan fingerprint density at radius 3 is 2.24 bits per heavy atom. The third-order valence-electron chi connectivity index (χ3n) is 5.76. The minimum absolute atomic E-state index is 0.289. The smallest absolute Gasteiger partial charge is 0.338 e. The van der Waals surface area contributed by atoms with Crippen molar-refractivity contribution in [1.29, 1.82) is 0 Å². The molecule has 0 aliphatic rings. The van der Waals surface area contributed by atoms with Gasteiger partial charge >= 0.3 is 5.97 Å². The molecule has 34 heavy (non-hydrogen) atoms. The van der Waals surface area contributed by atoms with Crippen LogP contribution in [0.1, 0.15) is 43.5 Å². The fraction of sp³-hybridized carbons (Fsp3) is 0.300. The van der Waals surface area contributed by atoms with Crippen molar-refractivity contribution in [2.75, 3.05) is 20.3 Å². The van der Waals surface area contributed by atoms with Crippen LogP contribution in [0.25, 0.3) is 22.3 Å². The Bertz CT molecular complexity index is 1110. The Morgan fingerprint density at radius 2 is 1.59 bits per heavy atom. The predicted molar refractivity (Wildman–Crippen MR) is 137 cm³/mol. The van der Waals surface area contributed by atoms with E-state index in [-0.39, 0.29) is 12.6 Å². The van der Waals surface area contributed by atoms with Gasteiger partial charge in [-0.25, -0.2) is 4.79 Å². The Balaban J connectivity index is 1.90. The summed E-state index contributed by atoms with van der Waals surface area (Å²) in [6.07, 6.45) is 7.60. The molecule has 0 aliphatic heterocycles. The van der Waals surface area contributed by atoms with Gasteiger partial charge in [0.15, 0.2) is 0 Å². The molecular weight excluding hydrogens is 424 g/mol. The average molecular weight is 457 g/mol. The van der Waals surface area contributed by atoms with Crippen molar-refractivity contribution >= 4 is 5.97 Å². The van der Waals surface area contributed by atoms with Crippen LogP contribution in [-0.2, 0) is 4.74 Å². The molecule has 0 radical (unpaired) electrons. The summed E-state index contributed by atoms with van der Waals surface area (Å²) in [6, 6.07) is 21.4. The van der Waals surface area contributed by atoms with E-state index in [1.54, 1.807) is 7.11 Å². The number of ether oxygens (including phenoxy) is 3. The Kier molecular flexibility index (Phi) is 9.17. The largest absolute Gasteiger partial charge is 0.497 e. The monoisotopic (exact) mass is 456 g/mol. The van der Waals surface area contributed by atoms with Gasteiger partial charge in [-0.3, -0.25) is 0 Å². The maximum Gasteiger partial charge on any atom is 0.338 e. The third kappa shape index (κ3) is 6.65. The van der Waals surface area contributed by atoms with Crippen LogP contribution < -0.4 is 9.47 Å². The molecule has 0 N–H and O–H groups in total. The summed E-state index contributed by atoms with van der Waals surface area (Å²) in [5, 5.41) is 0. The van der Waals surface area contributed by atoms with E-state index in [0.717, 1.165) is 40.2 Å². The van der Waals surface area contributed by atoms with Crippen LogP contribution >= 0.6 is 0 Å². The highest BCUT2D eigenvalue weighted by Gasteiger charge is 2.16. The number of hydrogen-bond acceptors (Lipinski definition) is 4. The SMILES string of the molecule is C#CCCCOC(=O)c1cc(-c2ccc(OC)cc2)ccc1-c1ccc(OC[C@@H](C)CC)cc1. The fourth-order valence-electron chi connectivity index (χ4n) is 3.43. The molecule has 0 saturated carbocycles. The Morgan fingerprint density at radius 1 is 0.941 bits per heavy atom. The van der Waals surface area contributed by atoms with Crippen LogP contribution in [0.15, 0.2) is 66.7 Å². The van der Waals surface area contributed by atoms with E-state index in [9.17, 15) is 4.79 Å². The average Bonchev–Trinajstić information content (AvgIpc) is 2.89. The minimum atomic E-state index is -0.362. The topological polar surface area (TPSA) is 44.8 Å². The van der Waals surface area contributed by atoms with E-state index in [0.29, 0.717) is 30.9 Å². The lowest BCUT2D eigenvalue weighted by molar-refractivity contribution is 0.0503. The summed E-state index contributed by atoms with van der Waals surface area (Å²) in [6.45, 7) is 5.29. The van der Waals surface area contributed by atoms with Crippen molar-refractivity contribution in [3.63, 3.8) is 0 Å². The van der Waals surface area contributed by atoms with Gasteiger partial charge in [-0.15, -0.1) is 12.3 Å². The van der Waals surface area contributed by atoms with Gasteiger partial charge in [-0.2, -0.15) is 0 Å². The molecule has 1 atom stereocenters. The number of rotatable bonds is 11. The summed E-state index contributed by atoms with van der Waals surface area (Å²) < 4.78 is 16.7. The van der Waals surface area contributed by atoms with Crippen molar-refractivity contribution in [3.05, 3.63) is 72.3 Å². The minimum Gasteiger partial charge on any atom is -0.497 e. The first kappa shape index (κ1) is 24.9. The molecular formula is C30H32O4. The van der Waals surface area contributed by atoms with Gasteiger partial charge in [-0.05, 0) is 64.9 Å². The van der Waals surface area contributed by atoms with Gasteiger partial charge in [0.25, 0.3) is 0 Å². The van der Waals surface area contributed by atoms with E-state index >= 15 is 0 Å². The van der Waals surface area contributed by atoms with E-state index in [1.807, 2.05) is 66.7 Å². The number of esters is 1. The summed E-state index contributed by atoms with van der Waals surface area (Å²) in [5.74, 6) is 4.31. The lowest BCUT2D eigenvalue weighted by Crippen LogP contribution is -2.08. The second-order valence-electron chi connectivity index (χ2n) is 8.28. The third-order valence-corrected chi connectivity index (χ3v) is 5.76. The summed E-state index contributed by atoms with van der Waals surface area (Å²) >= 11 is 0. The number of terminal acetylenes is 1. The highest BCUT2D eigenvalue weighted by atomic mass is 16.5. The van der Waals surface area contributed by atoms with Crippen molar-refractivity contribution < 1.29 is 19.0 Å². The second-order valence-corrected chi connectivity index (χ2v) is 8.28. The van der Waals surface area contributed by atoms with Crippen LogP contribution in [0, 0.1) is 18.3 Å². The standard InChI is InChI=1S/C30H32O4/c1-5-7-8-19-33-30(31)29-20-25(23-9-14-26(32-4)15-10-23)13-18-28(29)24-11-16-27(17-12-24)34-21-22(3)6-2/h1,9-18,20,22H,6-8,19,21H2,2-4H3/t22-/m0/s1. The molecule has 4 nitrogen and oxygen atoms in total. The lowest BCUT2D eigenvalue weighted by Gasteiger charge is -2.14. The summed E-state index contributed by atoms with van der Waals surface area (Å²) in [4.78, 5) is 13.0. The molecule has 0 bridgehead atoms. The molecule has 0 unspecified atom stereocenters. The molecule has 0 saturated heterocycles. The molecule has 0 aliphatic carbocycles. The molecule has 176 valence electrons. The van der Waals surface area contributed by atoms with Crippen LogP contribution in [-0.4, -0.2) is 26.3 Å². The van der Waals surface area contributed by atoms with Gasteiger partial charge in [0.05, 0.1) is 25.9 Å². The van der Waals surface area contributed by atoms with E-state index in [2.05, 4.69) is 19.8 Å². The van der Waals surface area contributed by atoms with Crippen LogP contribution in [0.4, 0.5) is 0 Å². The van der Waals surface area contributed by atoms with Crippen LogP contribution in [0.5, 0.6) is 11.5 Å². The van der Waals surface area contributed by atoms with Gasteiger partial charge in [0, 0.05) is 6.42 Å². The second kappa shape index (κ2) is 12.5. The molecule has 0 aromatic heterocycles. The molecule has 0 fully saturated rings. The first-order chi connectivity index (χ1) is 16.5. The number of hydrogen-bond donors (Lipinski definition) is 0. The molecule has 4 heteroatoms. The van der Waals surface area contributed by atoms with Gasteiger partial charge in [-0.1, -0.05) is 56.7 Å². The van der Waals surface area contributed by atoms with Crippen molar-refractivity contribution in [2.24, 2.45) is 5.92 Å². The van der Waals surface area contributed by atoms with Gasteiger partial charge in [0.2, 0.25) is 0 Å². The zero-order chi connectivity index (χ0) is 24.3. The summed E-state index contributed by atoms with van der Waals surface area (Å²) in [7, 11) is 1.64. The summed E-state index contributed by atoms with van der Waals surface area (Å²) in [5.41, 5.74) is 4.17. The number of benzene rings is 3. The number of methoxy groups -OCH3 is 1. The molecule has 0 amide bonds. The molecule has 0 spiro atoms. The van der Waals surface area contributed by atoms with E-state index < -0.39 is 0 Å². The van der Waals surface area contributed by atoms with E-state index in [4.69, 9.17) is 20.6 Å². The first-order valence-corrected chi connectivity index (χ1v) is 11.7. The number of unbranched alkanes of at least 4 members (excludes halogenated alkanes) is 1. The van der Waals surface area contributed by atoms with Crippen LogP contribution in [0.2, 0.25) is 0 Å². The highest BCUT2D eigenvalue weighted by Crippen LogP contribution is 2.31. The highest BCUT2D eigenvalue weighted by molar-refractivity contribution is 5.99. The maximum absolute atomic E-state index is 13.0. The fourth-order valence-corrected chi connectivity index (χ4v) is 3.43. The van der Waals surface area contributed by atoms with E-state index in [1.165, 1.54) is 0 Å².